The Kier molecular flexibility index (Phi) is 5.71. The fourth-order valence-corrected chi connectivity index (χ4v) is 3.09. The Morgan fingerprint density at radius 1 is 1.22 bits per heavy atom. The second kappa shape index (κ2) is 7.30. The van der Waals surface area contributed by atoms with Gasteiger partial charge in [0, 0.05) is 11.4 Å². The highest BCUT2D eigenvalue weighted by Gasteiger charge is 2.23. The maximum atomic E-state index is 3.77. The van der Waals surface area contributed by atoms with Crippen molar-refractivity contribution < 1.29 is 0 Å². The molecule has 2 rings (SSSR count). The summed E-state index contributed by atoms with van der Waals surface area (Å²) in [5, 5.41) is 0. The van der Waals surface area contributed by atoms with Crippen LogP contribution in [0.25, 0.3) is 0 Å². The highest BCUT2D eigenvalue weighted by atomic mass is 79.9. The molecule has 100 valence electrons. The van der Waals surface area contributed by atoms with Gasteiger partial charge < -0.3 is 4.90 Å². The van der Waals surface area contributed by atoms with Gasteiger partial charge in [0.15, 0.2) is 0 Å². The molecule has 1 aliphatic heterocycles. The molecule has 2 heteroatoms. The third kappa shape index (κ3) is 4.40. The number of aryl methyl sites for hydroxylation is 1. The van der Waals surface area contributed by atoms with Gasteiger partial charge in [0.05, 0.1) is 0 Å². The average molecular weight is 310 g/mol. The largest absolute Gasteiger partial charge is 0.303 e. The SMILES string of the molecule is CC1CN(CCCCc2ccccc2)CCC1Br. The number of rotatable bonds is 5. The number of hydrogen-bond acceptors (Lipinski definition) is 1. The van der Waals surface area contributed by atoms with E-state index in [-0.39, 0.29) is 0 Å². The molecule has 0 saturated carbocycles. The van der Waals surface area contributed by atoms with Crippen LogP contribution >= 0.6 is 15.9 Å². The van der Waals surface area contributed by atoms with E-state index in [1.165, 1.54) is 50.9 Å². The Bertz CT molecular complexity index is 338. The van der Waals surface area contributed by atoms with Crippen molar-refractivity contribution in [3.8, 4) is 0 Å². The molecule has 0 spiro atoms. The van der Waals surface area contributed by atoms with Gasteiger partial charge in [-0.15, -0.1) is 0 Å². The lowest BCUT2D eigenvalue weighted by atomic mass is 9.99. The molecule has 1 fully saturated rings. The number of unbranched alkanes of at least 4 members (excludes halogenated alkanes) is 1. The predicted octanol–water partition coefficient (Wildman–Crippen LogP) is 4.11. The number of benzene rings is 1. The summed E-state index contributed by atoms with van der Waals surface area (Å²) in [5.41, 5.74) is 1.48. The van der Waals surface area contributed by atoms with Crippen molar-refractivity contribution in [3.63, 3.8) is 0 Å². The van der Waals surface area contributed by atoms with Crippen molar-refractivity contribution in [1.82, 2.24) is 4.90 Å². The zero-order valence-corrected chi connectivity index (χ0v) is 12.9. The van der Waals surface area contributed by atoms with Gasteiger partial charge in [-0.1, -0.05) is 53.2 Å². The third-order valence-electron chi connectivity index (χ3n) is 3.92. The lowest BCUT2D eigenvalue weighted by Gasteiger charge is -2.34. The van der Waals surface area contributed by atoms with Crippen molar-refractivity contribution in [3.05, 3.63) is 35.9 Å². The first-order valence-corrected chi connectivity index (χ1v) is 8.07. The van der Waals surface area contributed by atoms with E-state index in [2.05, 4.69) is 58.1 Å². The van der Waals surface area contributed by atoms with Gasteiger partial charge in [-0.3, -0.25) is 0 Å². The molecule has 1 nitrogen and oxygen atoms in total. The van der Waals surface area contributed by atoms with Crippen molar-refractivity contribution in [1.29, 1.82) is 0 Å². The summed E-state index contributed by atoms with van der Waals surface area (Å²) in [6.45, 7) is 6.17. The van der Waals surface area contributed by atoms with Crippen molar-refractivity contribution in [2.75, 3.05) is 19.6 Å². The van der Waals surface area contributed by atoms with Crippen LogP contribution in [-0.2, 0) is 6.42 Å². The molecule has 0 amide bonds. The van der Waals surface area contributed by atoms with E-state index in [0.29, 0.717) is 0 Å². The molecular formula is C16H24BrN. The first kappa shape index (κ1) is 14.1. The van der Waals surface area contributed by atoms with E-state index >= 15 is 0 Å². The second-order valence-corrected chi connectivity index (χ2v) is 6.70. The van der Waals surface area contributed by atoms with Gasteiger partial charge in [-0.25, -0.2) is 0 Å². The Labute approximate surface area is 120 Å². The number of hydrogen-bond donors (Lipinski definition) is 0. The molecule has 0 aliphatic carbocycles. The molecule has 2 atom stereocenters. The minimum Gasteiger partial charge on any atom is -0.303 e. The standard InChI is InChI=1S/C16H24BrN/c1-14-13-18(12-10-16(14)17)11-6-5-9-15-7-3-2-4-8-15/h2-4,7-8,14,16H,5-6,9-13H2,1H3. The minimum atomic E-state index is 0.734. The molecule has 2 unspecified atom stereocenters. The van der Waals surface area contributed by atoms with E-state index in [1.54, 1.807) is 0 Å². The number of alkyl halides is 1. The second-order valence-electron chi connectivity index (χ2n) is 5.53. The smallest absolute Gasteiger partial charge is 0.0195 e. The first-order valence-electron chi connectivity index (χ1n) is 7.16. The Balaban J connectivity index is 1.61. The van der Waals surface area contributed by atoms with Crippen LogP contribution in [0.5, 0.6) is 0 Å². The minimum absolute atomic E-state index is 0.734. The summed E-state index contributed by atoms with van der Waals surface area (Å²) in [4.78, 5) is 3.37. The van der Waals surface area contributed by atoms with Crippen molar-refractivity contribution >= 4 is 15.9 Å². The zero-order valence-electron chi connectivity index (χ0n) is 11.3. The maximum Gasteiger partial charge on any atom is 0.0195 e. The van der Waals surface area contributed by atoms with Crippen LogP contribution in [0, 0.1) is 5.92 Å². The molecule has 0 aromatic heterocycles. The summed E-state index contributed by atoms with van der Waals surface area (Å²) in [5.74, 6) is 0.799. The van der Waals surface area contributed by atoms with Crippen molar-refractivity contribution in [2.24, 2.45) is 5.92 Å². The van der Waals surface area contributed by atoms with Crippen LogP contribution < -0.4 is 0 Å². The normalized spacial score (nSPS) is 25.2. The van der Waals surface area contributed by atoms with Crippen LogP contribution in [0.4, 0.5) is 0 Å². The third-order valence-corrected chi connectivity index (χ3v) is 5.28. The predicted molar refractivity (Wildman–Crippen MR) is 82.3 cm³/mol. The van der Waals surface area contributed by atoms with Crippen LogP contribution in [0.2, 0.25) is 0 Å². The molecule has 1 aliphatic rings. The molecule has 1 aromatic carbocycles. The molecule has 1 heterocycles. The van der Waals surface area contributed by atoms with Crippen LogP contribution in [0.15, 0.2) is 30.3 Å². The molecule has 0 N–H and O–H groups in total. The average Bonchev–Trinajstić information content (AvgIpc) is 2.40. The summed E-state index contributed by atoms with van der Waals surface area (Å²) < 4.78 is 0. The molecule has 0 radical (unpaired) electrons. The lowest BCUT2D eigenvalue weighted by Crippen LogP contribution is -2.40. The number of piperidine rings is 1. The van der Waals surface area contributed by atoms with Crippen LogP contribution in [-0.4, -0.2) is 29.4 Å². The summed E-state index contributed by atoms with van der Waals surface area (Å²) in [6.07, 6.45) is 5.17. The Hall–Kier alpha value is -0.340. The van der Waals surface area contributed by atoms with E-state index in [0.717, 1.165) is 10.7 Å². The van der Waals surface area contributed by atoms with Crippen molar-refractivity contribution in [2.45, 2.75) is 37.4 Å². The first-order chi connectivity index (χ1) is 8.75. The van der Waals surface area contributed by atoms with Gasteiger partial charge in [-0.2, -0.15) is 0 Å². The number of likely N-dealkylation sites (tertiary alicyclic amines) is 1. The highest BCUT2D eigenvalue weighted by Crippen LogP contribution is 2.23. The van der Waals surface area contributed by atoms with Gasteiger partial charge in [-0.05, 0) is 50.3 Å². The van der Waals surface area contributed by atoms with E-state index in [1.807, 2.05) is 0 Å². The molecule has 0 bridgehead atoms. The highest BCUT2D eigenvalue weighted by molar-refractivity contribution is 9.09. The van der Waals surface area contributed by atoms with Gasteiger partial charge in [0.2, 0.25) is 0 Å². The summed E-state index contributed by atoms with van der Waals surface area (Å²) >= 11 is 3.77. The summed E-state index contributed by atoms with van der Waals surface area (Å²) in [6, 6.07) is 10.8. The summed E-state index contributed by atoms with van der Waals surface area (Å²) in [7, 11) is 0. The number of nitrogens with zero attached hydrogens (tertiary/aromatic N) is 1. The Morgan fingerprint density at radius 2 is 2.00 bits per heavy atom. The molecular weight excluding hydrogens is 286 g/mol. The molecule has 1 saturated heterocycles. The Morgan fingerprint density at radius 3 is 2.72 bits per heavy atom. The van der Waals surface area contributed by atoms with Gasteiger partial charge >= 0.3 is 0 Å². The van der Waals surface area contributed by atoms with Crippen LogP contribution in [0.3, 0.4) is 0 Å². The monoisotopic (exact) mass is 309 g/mol. The van der Waals surface area contributed by atoms with Gasteiger partial charge in [0.1, 0.15) is 0 Å². The lowest BCUT2D eigenvalue weighted by molar-refractivity contribution is 0.188. The van der Waals surface area contributed by atoms with E-state index in [9.17, 15) is 0 Å². The molecule has 18 heavy (non-hydrogen) atoms. The van der Waals surface area contributed by atoms with E-state index < -0.39 is 0 Å². The van der Waals surface area contributed by atoms with Crippen LogP contribution in [0.1, 0.15) is 31.7 Å². The fourth-order valence-electron chi connectivity index (χ4n) is 2.72. The van der Waals surface area contributed by atoms with E-state index in [4.69, 9.17) is 0 Å². The van der Waals surface area contributed by atoms with Gasteiger partial charge in [0.25, 0.3) is 0 Å². The fraction of sp³-hybridized carbons (Fsp3) is 0.625. The molecule has 1 aromatic rings. The number of halogens is 1. The topological polar surface area (TPSA) is 3.24 Å². The zero-order chi connectivity index (χ0) is 12.8. The quantitative estimate of drug-likeness (QED) is 0.584. The maximum absolute atomic E-state index is 3.77.